The van der Waals surface area contributed by atoms with Crippen LogP contribution in [0.5, 0.6) is 11.6 Å². The molecular weight excluding hydrogens is 367 g/mol. The van der Waals surface area contributed by atoms with E-state index in [1.54, 1.807) is 18.3 Å². The van der Waals surface area contributed by atoms with Crippen LogP contribution in [-0.2, 0) is 13.2 Å². The van der Waals surface area contributed by atoms with Crippen molar-refractivity contribution >= 4 is 11.6 Å². The molecule has 0 amide bonds. The number of halogens is 2. The van der Waals surface area contributed by atoms with Gasteiger partial charge in [0.05, 0.1) is 5.02 Å². The van der Waals surface area contributed by atoms with Gasteiger partial charge in [0.1, 0.15) is 24.8 Å². The van der Waals surface area contributed by atoms with Gasteiger partial charge in [0.2, 0.25) is 5.88 Å². The third kappa shape index (κ3) is 5.67. The smallest absolute Gasteiger partial charge is 0.213 e. The maximum absolute atomic E-state index is 13.9. The molecule has 0 bridgehead atoms. The Bertz CT molecular complexity index is 842. The fraction of sp³-hybridized carbons (Fsp3) is 0.190. The van der Waals surface area contributed by atoms with Crippen LogP contribution >= 0.6 is 11.6 Å². The number of aromatic nitrogens is 1. The topological polar surface area (TPSA) is 43.4 Å². The number of hydrogen-bond acceptors (Lipinski definition) is 4. The molecule has 0 unspecified atom stereocenters. The van der Waals surface area contributed by atoms with Crippen molar-refractivity contribution in [2.24, 2.45) is 0 Å². The lowest BCUT2D eigenvalue weighted by Gasteiger charge is -2.13. The Kier molecular flexibility index (Phi) is 7.02. The first-order chi connectivity index (χ1) is 13.2. The van der Waals surface area contributed by atoms with Gasteiger partial charge >= 0.3 is 0 Å². The summed E-state index contributed by atoms with van der Waals surface area (Å²) in [6, 6.07) is 17.8. The van der Waals surface area contributed by atoms with E-state index in [1.807, 2.05) is 42.5 Å². The van der Waals surface area contributed by atoms with Gasteiger partial charge in [0.25, 0.3) is 0 Å². The second kappa shape index (κ2) is 9.90. The maximum atomic E-state index is 13.9. The third-order valence-corrected chi connectivity index (χ3v) is 4.24. The molecule has 2 aromatic carbocycles. The quantitative estimate of drug-likeness (QED) is 0.545. The van der Waals surface area contributed by atoms with Gasteiger partial charge in [0.15, 0.2) is 0 Å². The Morgan fingerprint density at radius 1 is 0.963 bits per heavy atom. The van der Waals surface area contributed by atoms with Crippen LogP contribution in [0.2, 0.25) is 5.02 Å². The predicted molar refractivity (Wildman–Crippen MR) is 104 cm³/mol. The van der Waals surface area contributed by atoms with E-state index in [0.29, 0.717) is 41.9 Å². The molecule has 1 heterocycles. The standard InChI is InChI=1S/C21H20ClFN2O2/c22-18-7-5-8-19(23)17(18)15-27-20-9-2-1-6-16(20)14-24-12-13-26-21-10-3-4-11-25-21/h1-11,24H,12-15H2. The third-order valence-electron chi connectivity index (χ3n) is 3.89. The number of nitrogens with one attached hydrogen (secondary N) is 1. The Morgan fingerprint density at radius 2 is 1.81 bits per heavy atom. The number of hydrogen-bond donors (Lipinski definition) is 1. The Morgan fingerprint density at radius 3 is 2.63 bits per heavy atom. The van der Waals surface area contributed by atoms with Gasteiger partial charge in [-0.25, -0.2) is 9.37 Å². The highest BCUT2D eigenvalue weighted by Crippen LogP contribution is 2.23. The van der Waals surface area contributed by atoms with Gasteiger partial charge in [-0.05, 0) is 24.3 Å². The number of ether oxygens (including phenoxy) is 2. The van der Waals surface area contributed by atoms with E-state index in [2.05, 4.69) is 10.3 Å². The number of pyridine rings is 1. The highest BCUT2D eigenvalue weighted by atomic mass is 35.5. The van der Waals surface area contributed by atoms with Crippen LogP contribution in [0.1, 0.15) is 11.1 Å². The van der Waals surface area contributed by atoms with Crippen LogP contribution in [0, 0.1) is 5.82 Å². The molecular formula is C21H20ClFN2O2. The largest absolute Gasteiger partial charge is 0.488 e. The molecule has 1 aromatic heterocycles. The molecule has 4 nitrogen and oxygen atoms in total. The zero-order valence-electron chi connectivity index (χ0n) is 14.7. The Balaban J connectivity index is 1.50. The fourth-order valence-electron chi connectivity index (χ4n) is 2.49. The lowest BCUT2D eigenvalue weighted by molar-refractivity contribution is 0.291. The van der Waals surface area contributed by atoms with Gasteiger partial charge in [0, 0.05) is 36.5 Å². The van der Waals surface area contributed by atoms with Gasteiger partial charge in [-0.15, -0.1) is 0 Å². The van der Waals surface area contributed by atoms with Crippen LogP contribution in [0.4, 0.5) is 4.39 Å². The molecule has 0 aliphatic rings. The minimum Gasteiger partial charge on any atom is -0.488 e. The maximum Gasteiger partial charge on any atom is 0.213 e. The summed E-state index contributed by atoms with van der Waals surface area (Å²) in [7, 11) is 0. The average molecular weight is 387 g/mol. The lowest BCUT2D eigenvalue weighted by Crippen LogP contribution is -2.21. The van der Waals surface area contributed by atoms with Crippen LogP contribution in [0.3, 0.4) is 0 Å². The van der Waals surface area contributed by atoms with E-state index in [9.17, 15) is 4.39 Å². The molecule has 6 heteroatoms. The van der Waals surface area contributed by atoms with Crippen molar-refractivity contribution in [3.63, 3.8) is 0 Å². The fourth-order valence-corrected chi connectivity index (χ4v) is 2.71. The van der Waals surface area contributed by atoms with E-state index in [1.165, 1.54) is 6.07 Å². The number of rotatable bonds is 9. The van der Waals surface area contributed by atoms with Crippen LogP contribution < -0.4 is 14.8 Å². The van der Waals surface area contributed by atoms with Crippen LogP contribution in [-0.4, -0.2) is 18.1 Å². The predicted octanol–water partition coefficient (Wildman–Crippen LogP) is 4.62. The van der Waals surface area contributed by atoms with E-state index in [-0.39, 0.29) is 12.4 Å². The molecule has 0 spiro atoms. The number of para-hydroxylation sites is 1. The first kappa shape index (κ1) is 19.1. The lowest BCUT2D eigenvalue weighted by atomic mass is 10.2. The number of benzene rings is 2. The minimum absolute atomic E-state index is 0.0747. The van der Waals surface area contributed by atoms with E-state index >= 15 is 0 Å². The molecule has 1 N–H and O–H groups in total. The van der Waals surface area contributed by atoms with Crippen LogP contribution in [0.15, 0.2) is 66.9 Å². The molecule has 0 atom stereocenters. The molecule has 0 aliphatic carbocycles. The van der Waals surface area contributed by atoms with Crippen molar-refractivity contribution in [2.75, 3.05) is 13.2 Å². The molecule has 0 fully saturated rings. The van der Waals surface area contributed by atoms with Crippen LogP contribution in [0.25, 0.3) is 0 Å². The summed E-state index contributed by atoms with van der Waals surface area (Å²) in [6.07, 6.45) is 1.69. The van der Waals surface area contributed by atoms with E-state index < -0.39 is 0 Å². The first-order valence-electron chi connectivity index (χ1n) is 8.62. The SMILES string of the molecule is Fc1cccc(Cl)c1COc1ccccc1CNCCOc1ccccn1. The summed E-state index contributed by atoms with van der Waals surface area (Å²) in [4.78, 5) is 4.10. The van der Waals surface area contributed by atoms with Crippen molar-refractivity contribution in [1.82, 2.24) is 10.3 Å². The molecule has 0 saturated heterocycles. The van der Waals surface area contributed by atoms with Gasteiger partial charge in [-0.2, -0.15) is 0 Å². The van der Waals surface area contributed by atoms with Gasteiger partial charge < -0.3 is 14.8 Å². The number of nitrogens with zero attached hydrogens (tertiary/aromatic N) is 1. The molecule has 0 saturated carbocycles. The Hall–Kier alpha value is -2.63. The van der Waals surface area contributed by atoms with Crippen molar-refractivity contribution in [2.45, 2.75) is 13.2 Å². The normalized spacial score (nSPS) is 10.6. The Labute approximate surface area is 162 Å². The van der Waals surface area contributed by atoms with Crippen molar-refractivity contribution < 1.29 is 13.9 Å². The highest BCUT2D eigenvalue weighted by Gasteiger charge is 2.09. The summed E-state index contributed by atoms with van der Waals surface area (Å²) in [5.74, 6) is 0.921. The van der Waals surface area contributed by atoms with Crippen molar-refractivity contribution in [1.29, 1.82) is 0 Å². The summed E-state index contributed by atoms with van der Waals surface area (Å²) in [5, 5.41) is 3.66. The minimum atomic E-state index is -0.371. The van der Waals surface area contributed by atoms with E-state index in [4.69, 9.17) is 21.1 Å². The van der Waals surface area contributed by atoms with Gasteiger partial charge in [-0.3, -0.25) is 0 Å². The summed E-state index contributed by atoms with van der Waals surface area (Å²) < 4.78 is 25.2. The second-order valence-corrected chi connectivity index (χ2v) is 6.20. The van der Waals surface area contributed by atoms with Crippen molar-refractivity contribution in [3.8, 4) is 11.6 Å². The van der Waals surface area contributed by atoms with Crippen molar-refractivity contribution in [3.05, 3.63) is 88.8 Å². The highest BCUT2D eigenvalue weighted by molar-refractivity contribution is 6.31. The molecule has 0 aliphatic heterocycles. The molecule has 3 rings (SSSR count). The second-order valence-electron chi connectivity index (χ2n) is 5.79. The van der Waals surface area contributed by atoms with E-state index in [0.717, 1.165) is 5.56 Å². The average Bonchev–Trinajstić information content (AvgIpc) is 2.69. The molecule has 0 radical (unpaired) electrons. The van der Waals surface area contributed by atoms with Gasteiger partial charge in [-0.1, -0.05) is 41.9 Å². The first-order valence-corrected chi connectivity index (χ1v) is 9.00. The molecule has 3 aromatic rings. The molecule has 27 heavy (non-hydrogen) atoms. The monoisotopic (exact) mass is 386 g/mol. The summed E-state index contributed by atoms with van der Waals surface area (Å²) in [5.41, 5.74) is 1.33. The summed E-state index contributed by atoms with van der Waals surface area (Å²) in [6.45, 7) is 1.84. The zero-order chi connectivity index (χ0) is 18.9. The summed E-state index contributed by atoms with van der Waals surface area (Å²) >= 11 is 6.05. The zero-order valence-corrected chi connectivity index (χ0v) is 15.5. The molecule has 140 valence electrons.